The second-order valence-electron chi connectivity index (χ2n) is 7.80. The Morgan fingerprint density at radius 1 is 0.821 bits per heavy atom. The Morgan fingerprint density at radius 3 is 1.61 bits per heavy atom. The monoisotopic (exact) mass is 383 g/mol. The molecule has 0 saturated carbocycles. The second-order valence-corrected chi connectivity index (χ2v) is 7.80. The van der Waals surface area contributed by atoms with Crippen LogP contribution in [0.15, 0.2) is 60.7 Å². The summed E-state index contributed by atoms with van der Waals surface area (Å²) >= 11 is 0. The highest BCUT2D eigenvalue weighted by Gasteiger charge is 2.08. The van der Waals surface area contributed by atoms with Gasteiger partial charge in [-0.05, 0) is 49.1 Å². The van der Waals surface area contributed by atoms with Gasteiger partial charge < -0.3 is 16.8 Å². The topological polar surface area (TPSA) is 64.1 Å². The molecule has 0 heterocycles. The molecule has 3 nitrogen and oxygen atoms in total. The average molecular weight is 384 g/mol. The van der Waals surface area contributed by atoms with E-state index >= 15 is 0 Å². The van der Waals surface area contributed by atoms with Gasteiger partial charge in [-0.3, -0.25) is 0 Å². The maximum Gasteiger partial charge on any atom is 0.00771 e. The van der Waals surface area contributed by atoms with E-state index in [1.807, 2.05) is 0 Å². The highest BCUT2D eigenvalue weighted by Crippen LogP contribution is 2.11. The zero-order valence-electron chi connectivity index (χ0n) is 18.1. The molecule has 156 valence electrons. The van der Waals surface area contributed by atoms with Crippen LogP contribution in [0.4, 0.5) is 0 Å². The predicted octanol–water partition coefficient (Wildman–Crippen LogP) is 4.55. The molecule has 0 aromatic heterocycles. The van der Waals surface area contributed by atoms with Crippen LogP contribution in [0.25, 0.3) is 0 Å². The zero-order valence-corrected chi connectivity index (χ0v) is 18.1. The smallest absolute Gasteiger partial charge is 0.00771 e. The molecule has 0 aliphatic rings. The number of aryl methyl sites for hydroxylation is 2. The Morgan fingerprint density at radius 2 is 1.29 bits per heavy atom. The SMILES string of the molecule is CCC(N)C(C)C.NCCNC(CCc1ccccc1)CCc1ccccc1. The number of benzene rings is 2. The molecule has 0 amide bonds. The van der Waals surface area contributed by atoms with Crippen LogP contribution < -0.4 is 16.8 Å². The molecule has 1 unspecified atom stereocenters. The number of nitrogens with one attached hydrogen (secondary N) is 1. The lowest BCUT2D eigenvalue weighted by Crippen LogP contribution is -2.34. The van der Waals surface area contributed by atoms with Gasteiger partial charge in [0.2, 0.25) is 0 Å². The molecule has 3 heteroatoms. The van der Waals surface area contributed by atoms with Crippen molar-refractivity contribution in [1.82, 2.24) is 5.32 Å². The Bertz CT molecular complexity index is 540. The van der Waals surface area contributed by atoms with E-state index < -0.39 is 0 Å². The van der Waals surface area contributed by atoms with Crippen LogP contribution in [0, 0.1) is 5.92 Å². The minimum Gasteiger partial charge on any atom is -0.329 e. The van der Waals surface area contributed by atoms with Crippen molar-refractivity contribution >= 4 is 0 Å². The van der Waals surface area contributed by atoms with Crippen LogP contribution in [0.2, 0.25) is 0 Å². The molecule has 28 heavy (non-hydrogen) atoms. The van der Waals surface area contributed by atoms with E-state index in [1.54, 1.807) is 0 Å². The molecule has 2 aromatic carbocycles. The summed E-state index contributed by atoms with van der Waals surface area (Å²) in [4.78, 5) is 0. The van der Waals surface area contributed by atoms with Gasteiger partial charge in [-0.25, -0.2) is 0 Å². The first-order valence-corrected chi connectivity index (χ1v) is 10.8. The van der Waals surface area contributed by atoms with Gasteiger partial charge in [0.25, 0.3) is 0 Å². The maximum atomic E-state index is 5.63. The predicted molar refractivity (Wildman–Crippen MR) is 123 cm³/mol. The summed E-state index contributed by atoms with van der Waals surface area (Å²) in [5, 5.41) is 3.58. The minimum atomic E-state index is 0.403. The van der Waals surface area contributed by atoms with Crippen LogP contribution in [0.1, 0.15) is 51.2 Å². The highest BCUT2D eigenvalue weighted by molar-refractivity contribution is 5.16. The standard InChI is InChI=1S/C19H26N2.C6H15N/c20-15-16-21-19(13-11-17-7-3-1-4-8-17)14-12-18-9-5-2-6-10-18;1-4-6(7)5(2)3/h1-10,19,21H,11-16,20H2;5-6H,4,7H2,1-3H3. The van der Waals surface area contributed by atoms with Gasteiger partial charge in [0.1, 0.15) is 0 Å². The molecule has 0 radical (unpaired) electrons. The third kappa shape index (κ3) is 11.2. The summed E-state index contributed by atoms with van der Waals surface area (Å²) in [6.45, 7) is 8.01. The van der Waals surface area contributed by atoms with Crippen molar-refractivity contribution in [2.75, 3.05) is 13.1 Å². The maximum absolute atomic E-state index is 5.63. The minimum absolute atomic E-state index is 0.403. The van der Waals surface area contributed by atoms with Gasteiger partial charge in [-0.2, -0.15) is 0 Å². The van der Waals surface area contributed by atoms with Crippen LogP contribution in [-0.2, 0) is 12.8 Å². The summed E-state index contributed by atoms with van der Waals surface area (Å²) in [6.07, 6.45) is 5.67. The number of hydrogen-bond acceptors (Lipinski definition) is 3. The Labute approximate surface area is 172 Å². The fraction of sp³-hybridized carbons (Fsp3) is 0.520. The molecule has 5 N–H and O–H groups in total. The molecule has 0 saturated heterocycles. The molecule has 0 aliphatic carbocycles. The van der Waals surface area contributed by atoms with Crippen molar-refractivity contribution in [3.8, 4) is 0 Å². The number of nitrogens with two attached hydrogens (primary N) is 2. The lowest BCUT2D eigenvalue weighted by molar-refractivity contribution is 0.458. The van der Waals surface area contributed by atoms with E-state index in [2.05, 4.69) is 86.8 Å². The van der Waals surface area contributed by atoms with E-state index in [1.165, 1.54) is 11.1 Å². The molecule has 2 aromatic rings. The van der Waals surface area contributed by atoms with Crippen LogP contribution >= 0.6 is 0 Å². The third-order valence-corrected chi connectivity index (χ3v) is 5.15. The van der Waals surface area contributed by atoms with Gasteiger partial charge in [0, 0.05) is 25.2 Å². The molecular weight excluding hydrogens is 342 g/mol. The summed E-state index contributed by atoms with van der Waals surface area (Å²) in [6, 6.07) is 22.4. The van der Waals surface area contributed by atoms with E-state index in [0.717, 1.165) is 38.6 Å². The van der Waals surface area contributed by atoms with Gasteiger partial charge in [0.15, 0.2) is 0 Å². The van der Waals surface area contributed by atoms with Crippen molar-refractivity contribution in [1.29, 1.82) is 0 Å². The Balaban J connectivity index is 0.000000480. The average Bonchev–Trinajstić information content (AvgIpc) is 2.74. The first kappa shape index (κ1) is 24.4. The van der Waals surface area contributed by atoms with E-state index in [4.69, 9.17) is 11.5 Å². The highest BCUT2D eigenvalue weighted by atomic mass is 14.9. The van der Waals surface area contributed by atoms with E-state index in [-0.39, 0.29) is 0 Å². The second kappa shape index (κ2) is 15.3. The fourth-order valence-electron chi connectivity index (χ4n) is 3.08. The van der Waals surface area contributed by atoms with Crippen molar-refractivity contribution in [3.05, 3.63) is 71.8 Å². The zero-order chi connectivity index (χ0) is 20.6. The van der Waals surface area contributed by atoms with E-state index in [0.29, 0.717) is 24.5 Å². The summed E-state index contributed by atoms with van der Waals surface area (Å²) in [7, 11) is 0. The first-order chi connectivity index (χ1) is 13.6. The quantitative estimate of drug-likeness (QED) is 0.533. The molecule has 0 aliphatic heterocycles. The molecule has 0 bridgehead atoms. The van der Waals surface area contributed by atoms with E-state index in [9.17, 15) is 0 Å². The van der Waals surface area contributed by atoms with Crippen molar-refractivity contribution in [2.45, 2.75) is 65.0 Å². The van der Waals surface area contributed by atoms with Crippen molar-refractivity contribution in [2.24, 2.45) is 17.4 Å². The lowest BCUT2D eigenvalue weighted by Gasteiger charge is -2.18. The molecule has 0 fully saturated rings. The third-order valence-electron chi connectivity index (χ3n) is 5.15. The summed E-state index contributed by atoms with van der Waals surface area (Å²) in [5.41, 5.74) is 14.1. The van der Waals surface area contributed by atoms with Crippen LogP contribution in [0.3, 0.4) is 0 Å². The number of hydrogen-bond donors (Lipinski definition) is 3. The lowest BCUT2D eigenvalue weighted by atomic mass is 9.99. The molecule has 1 atom stereocenters. The Kier molecular flexibility index (Phi) is 13.3. The van der Waals surface area contributed by atoms with Gasteiger partial charge >= 0.3 is 0 Å². The fourth-order valence-corrected chi connectivity index (χ4v) is 3.08. The largest absolute Gasteiger partial charge is 0.329 e. The van der Waals surface area contributed by atoms with Crippen LogP contribution in [-0.4, -0.2) is 25.2 Å². The van der Waals surface area contributed by atoms with Crippen molar-refractivity contribution < 1.29 is 0 Å². The Hall–Kier alpha value is -1.68. The normalized spacial score (nSPS) is 12.0. The van der Waals surface area contributed by atoms with Gasteiger partial charge in [-0.15, -0.1) is 0 Å². The van der Waals surface area contributed by atoms with Crippen LogP contribution in [0.5, 0.6) is 0 Å². The molecule has 0 spiro atoms. The summed E-state index contributed by atoms with van der Waals surface area (Å²) < 4.78 is 0. The van der Waals surface area contributed by atoms with Gasteiger partial charge in [-0.1, -0.05) is 81.4 Å². The molecular formula is C25H41N3. The van der Waals surface area contributed by atoms with Gasteiger partial charge in [0.05, 0.1) is 0 Å². The first-order valence-electron chi connectivity index (χ1n) is 10.8. The van der Waals surface area contributed by atoms with Crippen molar-refractivity contribution in [3.63, 3.8) is 0 Å². The molecule has 2 rings (SSSR count). The number of rotatable bonds is 11. The summed E-state index contributed by atoms with van der Waals surface area (Å²) in [5.74, 6) is 0.644.